The first-order valence-electron chi connectivity index (χ1n) is 6.36. The molecular formula is C16H15ClO3S. The highest BCUT2D eigenvalue weighted by molar-refractivity contribution is 7.83. The summed E-state index contributed by atoms with van der Waals surface area (Å²) in [5.74, 6) is 0.328. The van der Waals surface area contributed by atoms with Crippen molar-refractivity contribution < 1.29 is 13.7 Å². The van der Waals surface area contributed by atoms with Crippen molar-refractivity contribution in [3.05, 3.63) is 70.2 Å². The number of carbonyl (C=O) groups is 1. The van der Waals surface area contributed by atoms with Gasteiger partial charge in [0.25, 0.3) is 0 Å². The SMILES string of the molecule is COC(=O)c1ccccc1CS(=O)Cc1ccc(Cl)cc1. The second kappa shape index (κ2) is 7.38. The monoisotopic (exact) mass is 322 g/mol. The highest BCUT2D eigenvalue weighted by Gasteiger charge is 2.13. The van der Waals surface area contributed by atoms with Gasteiger partial charge in [-0.05, 0) is 29.3 Å². The van der Waals surface area contributed by atoms with Crippen molar-refractivity contribution in [2.24, 2.45) is 0 Å². The molecule has 0 radical (unpaired) electrons. The lowest BCUT2D eigenvalue weighted by Crippen LogP contribution is -2.08. The molecule has 0 N–H and O–H groups in total. The Morgan fingerprint density at radius 3 is 2.43 bits per heavy atom. The quantitative estimate of drug-likeness (QED) is 0.790. The largest absolute Gasteiger partial charge is 0.465 e. The molecule has 110 valence electrons. The van der Waals surface area contributed by atoms with E-state index in [1.54, 1.807) is 30.3 Å². The van der Waals surface area contributed by atoms with E-state index < -0.39 is 16.8 Å². The Hall–Kier alpha value is -1.65. The maximum Gasteiger partial charge on any atom is 0.338 e. The van der Waals surface area contributed by atoms with Crippen LogP contribution in [-0.2, 0) is 27.0 Å². The number of hydrogen-bond acceptors (Lipinski definition) is 3. The lowest BCUT2D eigenvalue weighted by Gasteiger charge is -2.08. The van der Waals surface area contributed by atoms with Gasteiger partial charge in [0.15, 0.2) is 0 Å². The van der Waals surface area contributed by atoms with E-state index in [-0.39, 0.29) is 0 Å². The Labute approximate surface area is 131 Å². The van der Waals surface area contributed by atoms with Gasteiger partial charge in [-0.3, -0.25) is 4.21 Å². The van der Waals surface area contributed by atoms with Crippen LogP contribution in [-0.4, -0.2) is 17.3 Å². The van der Waals surface area contributed by atoms with Crippen LogP contribution in [0.4, 0.5) is 0 Å². The van der Waals surface area contributed by atoms with E-state index in [2.05, 4.69) is 0 Å². The minimum atomic E-state index is -1.11. The first kappa shape index (κ1) is 15.7. The van der Waals surface area contributed by atoms with Crippen LogP contribution in [0.25, 0.3) is 0 Å². The fourth-order valence-electron chi connectivity index (χ4n) is 1.95. The molecule has 5 heteroatoms. The van der Waals surface area contributed by atoms with Crippen LogP contribution in [0.2, 0.25) is 5.02 Å². The van der Waals surface area contributed by atoms with Crippen LogP contribution in [0.15, 0.2) is 48.5 Å². The average Bonchev–Trinajstić information content (AvgIpc) is 2.49. The van der Waals surface area contributed by atoms with Crippen LogP contribution in [0.1, 0.15) is 21.5 Å². The Kier molecular flexibility index (Phi) is 5.53. The second-order valence-electron chi connectivity index (χ2n) is 4.50. The maximum atomic E-state index is 12.3. The zero-order valence-electron chi connectivity index (χ0n) is 11.5. The molecule has 2 aromatic rings. The average molecular weight is 323 g/mol. The zero-order valence-corrected chi connectivity index (χ0v) is 13.1. The van der Waals surface area contributed by atoms with E-state index in [0.29, 0.717) is 22.1 Å². The fourth-order valence-corrected chi connectivity index (χ4v) is 3.34. The Morgan fingerprint density at radius 2 is 1.76 bits per heavy atom. The normalized spacial score (nSPS) is 11.9. The van der Waals surface area contributed by atoms with Gasteiger partial charge in [0.1, 0.15) is 0 Å². The highest BCUT2D eigenvalue weighted by atomic mass is 35.5. The molecule has 0 aliphatic carbocycles. The summed E-state index contributed by atoms with van der Waals surface area (Å²) in [7, 11) is 0.229. The van der Waals surface area contributed by atoms with Crippen LogP contribution in [0.5, 0.6) is 0 Å². The van der Waals surface area contributed by atoms with Gasteiger partial charge >= 0.3 is 5.97 Å². The molecule has 0 fully saturated rings. The lowest BCUT2D eigenvalue weighted by molar-refractivity contribution is 0.0600. The van der Waals surface area contributed by atoms with Gasteiger partial charge < -0.3 is 4.74 Å². The molecule has 0 aliphatic heterocycles. The van der Waals surface area contributed by atoms with Crippen molar-refractivity contribution in [1.29, 1.82) is 0 Å². The number of carbonyl (C=O) groups excluding carboxylic acids is 1. The summed E-state index contributed by atoms with van der Waals surface area (Å²) in [6, 6.07) is 14.3. The topological polar surface area (TPSA) is 43.4 Å². The Bertz CT molecular complexity index is 653. The third kappa shape index (κ3) is 4.41. The Balaban J connectivity index is 2.09. The van der Waals surface area contributed by atoms with Crippen molar-refractivity contribution in [1.82, 2.24) is 0 Å². The number of halogens is 1. The number of esters is 1. The predicted octanol–water partition coefficient (Wildman–Crippen LogP) is 3.58. The molecule has 0 saturated carbocycles. The Morgan fingerprint density at radius 1 is 1.10 bits per heavy atom. The summed E-state index contributed by atoms with van der Waals surface area (Å²) in [4.78, 5) is 11.7. The predicted molar refractivity (Wildman–Crippen MR) is 84.8 cm³/mol. The van der Waals surface area contributed by atoms with Crippen LogP contribution in [0.3, 0.4) is 0 Å². The van der Waals surface area contributed by atoms with Gasteiger partial charge in [-0.1, -0.05) is 41.9 Å². The van der Waals surface area contributed by atoms with Crippen LogP contribution < -0.4 is 0 Å². The standard InChI is InChI=1S/C16H15ClO3S/c1-20-16(18)15-5-3-2-4-13(15)11-21(19)10-12-6-8-14(17)9-7-12/h2-9H,10-11H2,1H3. The van der Waals surface area contributed by atoms with E-state index in [9.17, 15) is 9.00 Å². The highest BCUT2D eigenvalue weighted by Crippen LogP contribution is 2.16. The van der Waals surface area contributed by atoms with Crippen molar-refractivity contribution in [2.75, 3.05) is 7.11 Å². The molecule has 3 nitrogen and oxygen atoms in total. The van der Waals surface area contributed by atoms with E-state index >= 15 is 0 Å². The zero-order chi connectivity index (χ0) is 15.2. The third-order valence-corrected chi connectivity index (χ3v) is 4.52. The van der Waals surface area contributed by atoms with Gasteiger partial charge in [0, 0.05) is 27.3 Å². The molecule has 2 aromatic carbocycles. The molecule has 0 heterocycles. The van der Waals surface area contributed by atoms with Crippen LogP contribution in [0, 0.1) is 0 Å². The van der Waals surface area contributed by atoms with Gasteiger partial charge in [-0.2, -0.15) is 0 Å². The van der Waals surface area contributed by atoms with E-state index in [1.165, 1.54) is 7.11 Å². The molecule has 21 heavy (non-hydrogen) atoms. The smallest absolute Gasteiger partial charge is 0.338 e. The summed E-state index contributed by atoms with van der Waals surface area (Å²) < 4.78 is 17.0. The summed E-state index contributed by atoms with van der Waals surface area (Å²) in [5.41, 5.74) is 2.15. The second-order valence-corrected chi connectivity index (χ2v) is 6.40. The molecule has 0 spiro atoms. The van der Waals surface area contributed by atoms with Crippen molar-refractivity contribution in [3.63, 3.8) is 0 Å². The number of benzene rings is 2. The molecular weight excluding hydrogens is 308 g/mol. The van der Waals surface area contributed by atoms with Crippen LogP contribution >= 0.6 is 11.6 Å². The van der Waals surface area contributed by atoms with Gasteiger partial charge in [0.2, 0.25) is 0 Å². The van der Waals surface area contributed by atoms with Gasteiger partial charge in [-0.15, -0.1) is 0 Å². The van der Waals surface area contributed by atoms with Gasteiger partial charge in [-0.25, -0.2) is 4.79 Å². The maximum absolute atomic E-state index is 12.3. The van der Waals surface area contributed by atoms with Gasteiger partial charge in [0.05, 0.1) is 12.7 Å². The fraction of sp³-hybridized carbons (Fsp3) is 0.188. The first-order valence-corrected chi connectivity index (χ1v) is 8.22. The van der Waals surface area contributed by atoms with Crippen molar-refractivity contribution >= 4 is 28.4 Å². The van der Waals surface area contributed by atoms with Crippen molar-refractivity contribution in [2.45, 2.75) is 11.5 Å². The number of rotatable bonds is 5. The molecule has 1 atom stereocenters. The molecule has 0 aliphatic rings. The third-order valence-electron chi connectivity index (χ3n) is 2.98. The first-order chi connectivity index (χ1) is 10.1. The number of ether oxygens (including phenoxy) is 1. The van der Waals surface area contributed by atoms with E-state index in [4.69, 9.17) is 16.3 Å². The summed E-state index contributed by atoms with van der Waals surface area (Å²) in [5, 5.41) is 0.653. The molecule has 2 rings (SSSR count). The minimum absolute atomic E-state index is 0.313. The number of methoxy groups -OCH3 is 1. The molecule has 0 aromatic heterocycles. The number of hydrogen-bond donors (Lipinski definition) is 0. The molecule has 0 amide bonds. The minimum Gasteiger partial charge on any atom is -0.465 e. The molecule has 1 unspecified atom stereocenters. The lowest BCUT2D eigenvalue weighted by atomic mass is 10.1. The van der Waals surface area contributed by atoms with Crippen molar-refractivity contribution in [3.8, 4) is 0 Å². The van der Waals surface area contributed by atoms with E-state index in [1.807, 2.05) is 18.2 Å². The summed E-state index contributed by atoms with van der Waals surface area (Å²) in [6.07, 6.45) is 0. The van der Waals surface area contributed by atoms with E-state index in [0.717, 1.165) is 11.1 Å². The summed E-state index contributed by atoms with van der Waals surface area (Å²) >= 11 is 5.82. The molecule has 0 saturated heterocycles. The summed E-state index contributed by atoms with van der Waals surface area (Å²) in [6.45, 7) is 0. The molecule has 0 bridgehead atoms.